The Labute approximate surface area is 161 Å². The molecule has 0 atom stereocenters. The van der Waals surface area contributed by atoms with Crippen LogP contribution in [0.3, 0.4) is 0 Å². The second kappa shape index (κ2) is 9.33. The zero-order valence-electron chi connectivity index (χ0n) is 15.2. The quantitative estimate of drug-likeness (QED) is 0.675. The lowest BCUT2D eigenvalue weighted by Gasteiger charge is -2.15. The number of halogens is 1. The van der Waals surface area contributed by atoms with Gasteiger partial charge in [-0.3, -0.25) is 4.79 Å². The molecule has 0 saturated heterocycles. The van der Waals surface area contributed by atoms with Crippen LogP contribution in [0.1, 0.15) is 24.2 Å². The van der Waals surface area contributed by atoms with Crippen molar-refractivity contribution in [1.29, 1.82) is 0 Å². The van der Waals surface area contributed by atoms with Gasteiger partial charge >= 0.3 is 0 Å². The molecule has 0 radical (unpaired) electrons. The summed E-state index contributed by atoms with van der Waals surface area (Å²) in [5, 5.41) is 2.84. The fourth-order valence-corrected chi connectivity index (χ4v) is 2.90. The Bertz CT molecular complexity index is 779. The Morgan fingerprint density at radius 1 is 1.00 bits per heavy atom. The van der Waals surface area contributed by atoms with Crippen molar-refractivity contribution < 1.29 is 23.7 Å². The van der Waals surface area contributed by atoms with E-state index in [1.807, 2.05) is 13.8 Å². The van der Waals surface area contributed by atoms with E-state index in [1.165, 1.54) is 7.11 Å². The number of hydrogen-bond acceptors (Lipinski definition) is 5. The number of anilines is 1. The first-order valence-corrected chi connectivity index (χ1v) is 8.95. The second-order valence-electron chi connectivity index (χ2n) is 5.17. The number of amides is 1. The molecule has 0 fully saturated rings. The maximum Gasteiger partial charge on any atom is 0.255 e. The Morgan fingerprint density at radius 2 is 1.73 bits per heavy atom. The molecule has 0 unspecified atom stereocenters. The van der Waals surface area contributed by atoms with Crippen LogP contribution >= 0.6 is 15.9 Å². The van der Waals surface area contributed by atoms with Crippen LogP contribution in [-0.2, 0) is 0 Å². The monoisotopic (exact) mass is 423 g/mol. The van der Waals surface area contributed by atoms with Crippen molar-refractivity contribution in [3.05, 3.63) is 40.4 Å². The Kier molecular flexibility index (Phi) is 7.15. The molecule has 26 heavy (non-hydrogen) atoms. The summed E-state index contributed by atoms with van der Waals surface area (Å²) in [6, 6.07) is 8.53. The van der Waals surface area contributed by atoms with Gasteiger partial charge < -0.3 is 24.3 Å². The molecule has 0 saturated carbocycles. The molecule has 0 aliphatic rings. The third-order valence-corrected chi connectivity index (χ3v) is 4.11. The molecule has 2 aromatic rings. The summed E-state index contributed by atoms with van der Waals surface area (Å²) in [7, 11) is 3.10. The highest BCUT2D eigenvalue weighted by molar-refractivity contribution is 9.10. The second-order valence-corrected chi connectivity index (χ2v) is 6.03. The highest BCUT2D eigenvalue weighted by atomic mass is 79.9. The first-order chi connectivity index (χ1) is 12.5. The van der Waals surface area contributed by atoms with Crippen molar-refractivity contribution in [2.75, 3.05) is 32.8 Å². The van der Waals surface area contributed by atoms with E-state index in [1.54, 1.807) is 37.4 Å². The number of methoxy groups -OCH3 is 2. The van der Waals surface area contributed by atoms with Gasteiger partial charge in [-0.1, -0.05) is 0 Å². The minimum atomic E-state index is -0.293. The molecule has 1 N–H and O–H groups in total. The van der Waals surface area contributed by atoms with E-state index in [0.29, 0.717) is 51.9 Å². The van der Waals surface area contributed by atoms with E-state index < -0.39 is 0 Å². The zero-order valence-corrected chi connectivity index (χ0v) is 16.8. The number of rotatable bonds is 8. The van der Waals surface area contributed by atoms with Gasteiger partial charge in [0.05, 0.1) is 37.6 Å². The molecule has 0 heterocycles. The van der Waals surface area contributed by atoms with Crippen molar-refractivity contribution in [3.63, 3.8) is 0 Å². The summed E-state index contributed by atoms with van der Waals surface area (Å²) in [4.78, 5) is 12.7. The van der Waals surface area contributed by atoms with Crippen LogP contribution in [0.5, 0.6) is 23.0 Å². The average molecular weight is 424 g/mol. The summed E-state index contributed by atoms with van der Waals surface area (Å²) < 4.78 is 22.3. The Morgan fingerprint density at radius 3 is 2.35 bits per heavy atom. The first-order valence-electron chi connectivity index (χ1n) is 8.16. The molecule has 0 bridgehead atoms. The molecule has 2 rings (SSSR count). The molecule has 0 aromatic heterocycles. The van der Waals surface area contributed by atoms with Crippen LogP contribution in [0.2, 0.25) is 0 Å². The van der Waals surface area contributed by atoms with E-state index in [-0.39, 0.29) is 5.91 Å². The first kappa shape index (κ1) is 19.9. The van der Waals surface area contributed by atoms with Gasteiger partial charge in [0.2, 0.25) is 0 Å². The largest absolute Gasteiger partial charge is 0.497 e. The fraction of sp³-hybridized carbons (Fsp3) is 0.316. The van der Waals surface area contributed by atoms with Crippen LogP contribution in [0.15, 0.2) is 34.8 Å². The number of carbonyl (C=O) groups excluding carboxylic acids is 1. The van der Waals surface area contributed by atoms with E-state index in [2.05, 4.69) is 21.2 Å². The summed E-state index contributed by atoms with van der Waals surface area (Å²) in [6.45, 7) is 4.72. The molecule has 2 aromatic carbocycles. The predicted molar refractivity (Wildman–Crippen MR) is 104 cm³/mol. The summed E-state index contributed by atoms with van der Waals surface area (Å²) in [6.07, 6.45) is 0. The van der Waals surface area contributed by atoms with Crippen molar-refractivity contribution >= 4 is 27.5 Å². The number of carbonyl (C=O) groups is 1. The van der Waals surface area contributed by atoms with Crippen LogP contribution < -0.4 is 24.3 Å². The molecule has 6 nitrogen and oxygen atoms in total. The molecule has 7 heteroatoms. The van der Waals surface area contributed by atoms with E-state index in [4.69, 9.17) is 18.9 Å². The van der Waals surface area contributed by atoms with E-state index >= 15 is 0 Å². The lowest BCUT2D eigenvalue weighted by molar-refractivity contribution is 0.102. The van der Waals surface area contributed by atoms with Gasteiger partial charge in [0.15, 0.2) is 11.5 Å². The van der Waals surface area contributed by atoms with Gasteiger partial charge in [-0.05, 0) is 54.0 Å². The summed E-state index contributed by atoms with van der Waals surface area (Å²) in [5.74, 6) is 1.94. The van der Waals surface area contributed by atoms with Crippen molar-refractivity contribution in [1.82, 2.24) is 0 Å². The molecule has 0 aliphatic carbocycles. The third-order valence-electron chi connectivity index (χ3n) is 3.52. The standard InChI is InChI=1S/C19H22BrNO5/c1-5-25-17-10-12(9-14(20)18(17)26-6-2)19(22)21-15-8-7-13(23-3)11-16(15)24-4/h7-11H,5-6H2,1-4H3,(H,21,22). The van der Waals surface area contributed by atoms with Gasteiger partial charge in [0.1, 0.15) is 11.5 Å². The van der Waals surface area contributed by atoms with Crippen LogP contribution in [0.4, 0.5) is 5.69 Å². The van der Waals surface area contributed by atoms with Crippen molar-refractivity contribution in [3.8, 4) is 23.0 Å². The van der Waals surface area contributed by atoms with E-state index in [9.17, 15) is 4.79 Å². The topological polar surface area (TPSA) is 66.0 Å². The van der Waals surface area contributed by atoms with Crippen molar-refractivity contribution in [2.24, 2.45) is 0 Å². The Balaban J connectivity index is 2.32. The lowest BCUT2D eigenvalue weighted by Crippen LogP contribution is -2.13. The smallest absolute Gasteiger partial charge is 0.255 e. The molecule has 0 spiro atoms. The molecule has 0 aliphatic heterocycles. The van der Waals surface area contributed by atoms with Gasteiger partial charge in [0.25, 0.3) is 5.91 Å². The SMILES string of the molecule is CCOc1cc(C(=O)Nc2ccc(OC)cc2OC)cc(Br)c1OCC. The molecule has 1 amide bonds. The number of nitrogens with one attached hydrogen (secondary N) is 1. The molecule has 140 valence electrons. The molecular weight excluding hydrogens is 402 g/mol. The van der Waals surface area contributed by atoms with Crippen LogP contribution in [0, 0.1) is 0 Å². The fourth-order valence-electron chi connectivity index (χ4n) is 2.34. The van der Waals surface area contributed by atoms with Gasteiger partial charge in [-0.25, -0.2) is 0 Å². The summed E-state index contributed by atoms with van der Waals surface area (Å²) in [5.41, 5.74) is 0.975. The maximum atomic E-state index is 12.7. The van der Waals surface area contributed by atoms with Gasteiger partial charge in [-0.15, -0.1) is 0 Å². The predicted octanol–water partition coefficient (Wildman–Crippen LogP) is 4.52. The van der Waals surface area contributed by atoms with Crippen LogP contribution in [0.25, 0.3) is 0 Å². The third kappa shape index (κ3) is 4.60. The number of ether oxygens (including phenoxy) is 4. The normalized spacial score (nSPS) is 10.2. The lowest BCUT2D eigenvalue weighted by atomic mass is 10.1. The molecular formula is C19H22BrNO5. The maximum absolute atomic E-state index is 12.7. The minimum absolute atomic E-state index is 0.293. The summed E-state index contributed by atoms with van der Waals surface area (Å²) >= 11 is 3.44. The van der Waals surface area contributed by atoms with Gasteiger partial charge in [-0.2, -0.15) is 0 Å². The van der Waals surface area contributed by atoms with E-state index in [0.717, 1.165) is 0 Å². The minimum Gasteiger partial charge on any atom is -0.497 e. The number of benzene rings is 2. The van der Waals surface area contributed by atoms with Gasteiger partial charge in [0, 0.05) is 11.6 Å². The Hall–Kier alpha value is -2.41. The highest BCUT2D eigenvalue weighted by Gasteiger charge is 2.17. The van der Waals surface area contributed by atoms with Crippen LogP contribution in [-0.4, -0.2) is 33.3 Å². The highest BCUT2D eigenvalue weighted by Crippen LogP contribution is 2.37. The zero-order chi connectivity index (χ0) is 19.1. The number of hydrogen-bond donors (Lipinski definition) is 1. The average Bonchev–Trinajstić information content (AvgIpc) is 2.64. The van der Waals surface area contributed by atoms with Crippen molar-refractivity contribution in [2.45, 2.75) is 13.8 Å².